The molecule has 1 aromatic heterocycles. The van der Waals surface area contributed by atoms with Crippen LogP contribution in [0.1, 0.15) is 28.3 Å². The van der Waals surface area contributed by atoms with Crippen molar-refractivity contribution in [3.63, 3.8) is 0 Å². The lowest BCUT2D eigenvalue weighted by Gasteiger charge is -2.12. The van der Waals surface area contributed by atoms with E-state index in [4.69, 9.17) is 0 Å². The molecule has 0 saturated heterocycles. The zero-order chi connectivity index (χ0) is 12.4. The van der Waals surface area contributed by atoms with Gasteiger partial charge in [-0.3, -0.25) is 0 Å². The number of nitrogens with one attached hydrogen (secondary N) is 1. The molecule has 3 rings (SSSR count). The van der Waals surface area contributed by atoms with E-state index in [-0.39, 0.29) is 0 Å². The highest BCUT2D eigenvalue weighted by atomic mass is 32.2. The fourth-order valence-corrected chi connectivity index (χ4v) is 4.37. The van der Waals surface area contributed by atoms with E-state index in [2.05, 4.69) is 48.6 Å². The summed E-state index contributed by atoms with van der Waals surface area (Å²) < 4.78 is 0. The van der Waals surface area contributed by atoms with Gasteiger partial charge < -0.3 is 5.32 Å². The van der Waals surface area contributed by atoms with Crippen LogP contribution in [-0.4, -0.2) is 5.75 Å². The summed E-state index contributed by atoms with van der Waals surface area (Å²) in [6.45, 7) is 3.21. The maximum absolute atomic E-state index is 3.68. The molecule has 1 aliphatic rings. The molecule has 1 aliphatic heterocycles. The molecule has 0 bridgehead atoms. The van der Waals surface area contributed by atoms with Gasteiger partial charge in [0.15, 0.2) is 0 Å². The van der Waals surface area contributed by atoms with E-state index >= 15 is 0 Å². The summed E-state index contributed by atoms with van der Waals surface area (Å²) in [6.07, 6.45) is 1.15. The molecule has 0 fully saturated rings. The van der Waals surface area contributed by atoms with Gasteiger partial charge in [0, 0.05) is 33.0 Å². The summed E-state index contributed by atoms with van der Waals surface area (Å²) in [5, 5.41) is 3.68. The maximum atomic E-state index is 3.68. The highest BCUT2D eigenvalue weighted by molar-refractivity contribution is 7.99. The third kappa shape index (κ3) is 2.48. The first-order valence-corrected chi connectivity index (χ1v) is 8.19. The van der Waals surface area contributed by atoms with Crippen molar-refractivity contribution in [2.75, 3.05) is 5.75 Å². The summed E-state index contributed by atoms with van der Waals surface area (Å²) in [4.78, 5) is 4.37. The smallest absolute Gasteiger partial charge is 0.0429 e. The Bertz CT molecular complexity index is 533. The van der Waals surface area contributed by atoms with E-state index < -0.39 is 0 Å². The summed E-state index contributed by atoms with van der Waals surface area (Å²) >= 11 is 3.89. The van der Waals surface area contributed by atoms with Crippen LogP contribution < -0.4 is 5.32 Å². The Balaban J connectivity index is 1.65. The number of rotatable bonds is 4. The highest BCUT2D eigenvalue weighted by Crippen LogP contribution is 2.37. The normalized spacial score (nSPS) is 17.9. The van der Waals surface area contributed by atoms with Crippen LogP contribution in [0.4, 0.5) is 0 Å². The molecule has 0 aliphatic carbocycles. The van der Waals surface area contributed by atoms with Crippen molar-refractivity contribution in [2.45, 2.75) is 30.8 Å². The first kappa shape index (κ1) is 12.3. The second-order valence-corrected chi connectivity index (χ2v) is 6.82. The fourth-order valence-electron chi connectivity index (χ4n) is 2.26. The first-order valence-electron chi connectivity index (χ1n) is 6.39. The Morgan fingerprint density at radius 3 is 2.83 bits per heavy atom. The molecule has 0 spiro atoms. The number of benzene rings is 1. The molecular formula is C15H17NS2. The van der Waals surface area contributed by atoms with Crippen LogP contribution in [0.25, 0.3) is 0 Å². The van der Waals surface area contributed by atoms with Crippen LogP contribution in [0, 0.1) is 0 Å². The zero-order valence-electron chi connectivity index (χ0n) is 10.5. The average molecular weight is 275 g/mol. The second kappa shape index (κ2) is 5.47. The fraction of sp³-hybridized carbons (Fsp3) is 0.333. The van der Waals surface area contributed by atoms with Crippen molar-refractivity contribution < 1.29 is 0 Å². The molecule has 1 nitrogen and oxygen atoms in total. The first-order chi connectivity index (χ1) is 8.86. The third-order valence-electron chi connectivity index (χ3n) is 3.29. The minimum absolute atomic E-state index is 0.512. The van der Waals surface area contributed by atoms with Gasteiger partial charge >= 0.3 is 0 Å². The van der Waals surface area contributed by atoms with Crippen molar-refractivity contribution in [1.82, 2.24) is 5.32 Å². The van der Waals surface area contributed by atoms with Gasteiger partial charge in [-0.05, 0) is 30.2 Å². The molecule has 18 heavy (non-hydrogen) atoms. The van der Waals surface area contributed by atoms with E-state index in [0.717, 1.165) is 18.7 Å². The average Bonchev–Trinajstić information content (AvgIpc) is 3.03. The van der Waals surface area contributed by atoms with Crippen LogP contribution in [0.15, 0.2) is 41.3 Å². The molecule has 1 atom stereocenters. The predicted octanol–water partition coefficient (Wildman–Crippen LogP) is 4.25. The third-order valence-corrected chi connectivity index (χ3v) is 5.70. The Labute approximate surface area is 117 Å². The van der Waals surface area contributed by atoms with Crippen LogP contribution >= 0.6 is 23.1 Å². The van der Waals surface area contributed by atoms with Gasteiger partial charge in [-0.1, -0.05) is 25.1 Å². The topological polar surface area (TPSA) is 12.0 Å². The van der Waals surface area contributed by atoms with Crippen molar-refractivity contribution in [2.24, 2.45) is 0 Å². The quantitative estimate of drug-likeness (QED) is 0.895. The summed E-state index contributed by atoms with van der Waals surface area (Å²) in [6, 6.07) is 13.8. The molecule has 2 heterocycles. The molecule has 0 saturated carbocycles. The lowest BCUT2D eigenvalue weighted by Crippen LogP contribution is -2.19. The van der Waals surface area contributed by atoms with Crippen molar-refractivity contribution in [3.05, 3.63) is 51.7 Å². The van der Waals surface area contributed by atoms with Gasteiger partial charge in [-0.15, -0.1) is 23.1 Å². The van der Waals surface area contributed by atoms with Crippen molar-refractivity contribution in [3.8, 4) is 0 Å². The maximum Gasteiger partial charge on any atom is 0.0429 e. The Kier molecular flexibility index (Phi) is 3.73. The Morgan fingerprint density at radius 2 is 2.00 bits per heavy atom. The molecular weight excluding hydrogens is 258 g/mol. The van der Waals surface area contributed by atoms with Gasteiger partial charge in [-0.25, -0.2) is 0 Å². The summed E-state index contributed by atoms with van der Waals surface area (Å²) in [5.41, 5.74) is 1.47. The number of thiophene rings is 1. The van der Waals surface area contributed by atoms with Crippen LogP contribution in [0.3, 0.4) is 0 Å². The molecule has 1 aromatic carbocycles. The minimum Gasteiger partial charge on any atom is -0.304 e. The van der Waals surface area contributed by atoms with Crippen LogP contribution in [0.5, 0.6) is 0 Å². The second-order valence-electron chi connectivity index (χ2n) is 4.50. The lowest BCUT2D eigenvalue weighted by molar-refractivity contribution is 0.588. The van der Waals surface area contributed by atoms with Gasteiger partial charge in [0.05, 0.1) is 0 Å². The predicted molar refractivity (Wildman–Crippen MR) is 80.4 cm³/mol. The van der Waals surface area contributed by atoms with E-state index in [1.165, 1.54) is 20.2 Å². The molecule has 3 heteroatoms. The van der Waals surface area contributed by atoms with E-state index in [1.807, 2.05) is 23.1 Å². The molecule has 0 amide bonds. The van der Waals surface area contributed by atoms with E-state index in [1.54, 1.807) is 0 Å². The monoisotopic (exact) mass is 275 g/mol. The number of hydrogen-bond donors (Lipinski definition) is 1. The largest absolute Gasteiger partial charge is 0.304 e. The van der Waals surface area contributed by atoms with Crippen LogP contribution in [0.2, 0.25) is 0 Å². The standard InChI is InChI=1S/C15H17NS2/c1-2-11-7-8-12(18-11)9-16-14-10-17-15-6-4-3-5-13(14)15/h3-8,14,16H,2,9-10H2,1H3. The summed E-state index contributed by atoms with van der Waals surface area (Å²) in [5.74, 6) is 1.16. The van der Waals surface area contributed by atoms with Crippen molar-refractivity contribution >= 4 is 23.1 Å². The number of hydrogen-bond acceptors (Lipinski definition) is 3. The van der Waals surface area contributed by atoms with Gasteiger partial charge in [0.1, 0.15) is 0 Å². The zero-order valence-corrected chi connectivity index (χ0v) is 12.1. The van der Waals surface area contributed by atoms with Gasteiger partial charge in [0.25, 0.3) is 0 Å². The minimum atomic E-state index is 0.512. The number of aryl methyl sites for hydroxylation is 1. The van der Waals surface area contributed by atoms with Crippen LogP contribution in [-0.2, 0) is 13.0 Å². The Morgan fingerprint density at radius 1 is 1.17 bits per heavy atom. The summed E-state index contributed by atoms with van der Waals surface area (Å²) in [7, 11) is 0. The highest BCUT2D eigenvalue weighted by Gasteiger charge is 2.21. The van der Waals surface area contributed by atoms with E-state index in [9.17, 15) is 0 Å². The molecule has 1 unspecified atom stereocenters. The molecule has 0 radical (unpaired) electrons. The Hall–Kier alpha value is -0.770. The molecule has 94 valence electrons. The number of thioether (sulfide) groups is 1. The lowest BCUT2D eigenvalue weighted by atomic mass is 10.1. The van der Waals surface area contributed by atoms with Gasteiger partial charge in [-0.2, -0.15) is 0 Å². The number of fused-ring (bicyclic) bond motifs is 1. The SMILES string of the molecule is CCc1ccc(CNC2CSc3ccccc32)s1. The molecule has 1 N–H and O–H groups in total. The van der Waals surface area contributed by atoms with Crippen molar-refractivity contribution in [1.29, 1.82) is 0 Å². The van der Waals surface area contributed by atoms with Gasteiger partial charge in [0.2, 0.25) is 0 Å². The molecule has 2 aromatic rings. The van der Waals surface area contributed by atoms with E-state index in [0.29, 0.717) is 6.04 Å².